The first-order valence-electron chi connectivity index (χ1n) is 9.60. The van der Waals surface area contributed by atoms with Crippen LogP contribution in [-0.2, 0) is 16.6 Å². The summed E-state index contributed by atoms with van der Waals surface area (Å²) in [5, 5.41) is 8.40. The van der Waals surface area contributed by atoms with E-state index in [1.54, 1.807) is 12.4 Å². The maximum absolute atomic E-state index is 14.2. The highest BCUT2D eigenvalue weighted by molar-refractivity contribution is 7.89. The molecule has 2 aliphatic rings. The summed E-state index contributed by atoms with van der Waals surface area (Å²) in [4.78, 5) is -0.242. The minimum absolute atomic E-state index is 0.0122. The van der Waals surface area contributed by atoms with E-state index in [0.29, 0.717) is 13.1 Å². The Morgan fingerprint density at radius 1 is 1.22 bits per heavy atom. The van der Waals surface area contributed by atoms with E-state index in [-0.39, 0.29) is 16.2 Å². The van der Waals surface area contributed by atoms with Gasteiger partial charge in [0.1, 0.15) is 22.9 Å². The fourth-order valence-corrected chi connectivity index (χ4v) is 6.41. The predicted octanol–water partition coefficient (Wildman–Crippen LogP) is 3.18. The highest BCUT2D eigenvalue weighted by Gasteiger charge is 2.52. The molecule has 0 bridgehead atoms. The van der Waals surface area contributed by atoms with Gasteiger partial charge < -0.3 is 4.57 Å². The molecule has 6 nitrogen and oxygen atoms in total. The van der Waals surface area contributed by atoms with Crippen LogP contribution in [-0.4, -0.2) is 40.6 Å². The molecule has 8 heteroatoms. The first-order chi connectivity index (χ1) is 13.0. The third-order valence-corrected chi connectivity index (χ3v) is 8.06. The zero-order valence-electron chi connectivity index (χ0n) is 15.5. The number of aromatic nitrogens is 3. The Morgan fingerprint density at radius 2 is 1.96 bits per heavy atom. The molecule has 1 aromatic carbocycles. The summed E-state index contributed by atoms with van der Waals surface area (Å²) in [5.74, 6) is 0.141. The fraction of sp³-hybridized carbons (Fsp3) is 0.579. The Hall–Kier alpha value is -1.80. The zero-order valence-corrected chi connectivity index (χ0v) is 16.3. The Balaban J connectivity index is 1.74. The van der Waals surface area contributed by atoms with Gasteiger partial charge in [-0.2, -0.15) is 4.31 Å². The number of hydrogen-bond donors (Lipinski definition) is 0. The van der Waals surface area contributed by atoms with Crippen LogP contribution in [0.25, 0.3) is 0 Å². The monoisotopic (exact) mass is 392 g/mol. The van der Waals surface area contributed by atoms with E-state index in [9.17, 15) is 12.8 Å². The van der Waals surface area contributed by atoms with Crippen LogP contribution in [0.2, 0.25) is 0 Å². The van der Waals surface area contributed by atoms with Crippen LogP contribution in [0.4, 0.5) is 4.39 Å². The second kappa shape index (κ2) is 6.98. The van der Waals surface area contributed by atoms with Crippen molar-refractivity contribution in [1.82, 2.24) is 19.1 Å². The first-order valence-corrected chi connectivity index (χ1v) is 11.0. The van der Waals surface area contributed by atoms with Crippen LogP contribution in [0.1, 0.15) is 50.8 Å². The number of hydrogen-bond acceptors (Lipinski definition) is 4. The van der Waals surface area contributed by atoms with Crippen LogP contribution in [0.15, 0.2) is 35.5 Å². The van der Waals surface area contributed by atoms with Gasteiger partial charge in [0.25, 0.3) is 0 Å². The van der Waals surface area contributed by atoms with Gasteiger partial charge in [0.15, 0.2) is 0 Å². The topological polar surface area (TPSA) is 68.1 Å². The molecular formula is C19H25FN4O2S. The number of sulfonamides is 1. The second-order valence-corrected chi connectivity index (χ2v) is 9.59. The molecule has 0 N–H and O–H groups in total. The molecule has 27 heavy (non-hydrogen) atoms. The minimum Gasteiger partial charge on any atom is -0.318 e. The molecule has 1 unspecified atom stereocenters. The van der Waals surface area contributed by atoms with Gasteiger partial charge in [0.05, 0.1) is 0 Å². The van der Waals surface area contributed by atoms with Gasteiger partial charge in [-0.05, 0) is 37.3 Å². The van der Waals surface area contributed by atoms with E-state index in [1.807, 2.05) is 11.5 Å². The van der Waals surface area contributed by atoms with Gasteiger partial charge in [-0.15, -0.1) is 10.2 Å². The van der Waals surface area contributed by atoms with Crippen molar-refractivity contribution >= 4 is 10.0 Å². The van der Waals surface area contributed by atoms with Crippen molar-refractivity contribution in [3.05, 3.63) is 42.2 Å². The van der Waals surface area contributed by atoms with Crippen LogP contribution in [0, 0.1) is 11.2 Å². The lowest BCUT2D eigenvalue weighted by Crippen LogP contribution is -2.34. The highest BCUT2D eigenvalue weighted by Crippen LogP contribution is 2.52. The van der Waals surface area contributed by atoms with Gasteiger partial charge in [0.2, 0.25) is 10.0 Å². The molecule has 1 atom stereocenters. The maximum Gasteiger partial charge on any atom is 0.246 e. The number of rotatable bonds is 4. The Morgan fingerprint density at radius 3 is 2.67 bits per heavy atom. The van der Waals surface area contributed by atoms with Crippen LogP contribution in [0.3, 0.4) is 0 Å². The Kier molecular flexibility index (Phi) is 4.80. The molecule has 0 radical (unpaired) electrons. The number of halogens is 1. The SMILES string of the molecule is CCn1cnnc1C1CN(S(=O)(=O)c2ccccc2F)CC12CCCCC2. The van der Waals surface area contributed by atoms with Crippen molar-refractivity contribution in [2.45, 2.75) is 56.4 Å². The summed E-state index contributed by atoms with van der Waals surface area (Å²) in [6.07, 6.45) is 7.00. The number of benzene rings is 1. The summed E-state index contributed by atoms with van der Waals surface area (Å²) < 4.78 is 44.1. The van der Waals surface area contributed by atoms with Crippen molar-refractivity contribution in [2.24, 2.45) is 5.41 Å². The van der Waals surface area contributed by atoms with Crippen molar-refractivity contribution in [3.63, 3.8) is 0 Å². The van der Waals surface area contributed by atoms with Gasteiger partial charge in [-0.3, -0.25) is 0 Å². The van der Waals surface area contributed by atoms with Crippen LogP contribution < -0.4 is 0 Å². The predicted molar refractivity (Wildman–Crippen MR) is 99.1 cm³/mol. The summed E-state index contributed by atoms with van der Waals surface area (Å²) in [7, 11) is -3.89. The highest BCUT2D eigenvalue weighted by atomic mass is 32.2. The third kappa shape index (κ3) is 3.08. The van der Waals surface area contributed by atoms with Gasteiger partial charge in [-0.1, -0.05) is 31.4 Å². The van der Waals surface area contributed by atoms with Crippen LogP contribution >= 0.6 is 0 Å². The molecule has 1 spiro atoms. The van der Waals surface area contributed by atoms with E-state index < -0.39 is 15.8 Å². The molecule has 2 aromatic rings. The molecule has 1 aliphatic carbocycles. The smallest absolute Gasteiger partial charge is 0.246 e. The van der Waals surface area contributed by atoms with Crippen molar-refractivity contribution in [2.75, 3.05) is 13.1 Å². The fourth-order valence-electron chi connectivity index (χ4n) is 4.79. The second-order valence-electron chi connectivity index (χ2n) is 7.68. The number of nitrogens with zero attached hydrogens (tertiary/aromatic N) is 4. The minimum atomic E-state index is -3.89. The van der Waals surface area contributed by atoms with E-state index in [2.05, 4.69) is 10.2 Å². The van der Waals surface area contributed by atoms with E-state index in [4.69, 9.17) is 0 Å². The molecule has 1 saturated heterocycles. The van der Waals surface area contributed by atoms with E-state index in [1.165, 1.54) is 28.9 Å². The average Bonchev–Trinajstić information content (AvgIpc) is 3.27. The van der Waals surface area contributed by atoms with Gasteiger partial charge in [-0.25, -0.2) is 12.8 Å². The molecule has 1 saturated carbocycles. The lowest BCUT2D eigenvalue weighted by molar-refractivity contribution is 0.176. The summed E-state index contributed by atoms with van der Waals surface area (Å²) in [6.45, 7) is 3.53. The number of aryl methyl sites for hydroxylation is 1. The van der Waals surface area contributed by atoms with Crippen LogP contribution in [0.5, 0.6) is 0 Å². The molecule has 0 amide bonds. The van der Waals surface area contributed by atoms with Crippen molar-refractivity contribution < 1.29 is 12.8 Å². The first kappa shape index (κ1) is 18.6. The summed E-state index contributed by atoms with van der Waals surface area (Å²) in [6, 6.07) is 5.62. The summed E-state index contributed by atoms with van der Waals surface area (Å²) in [5.41, 5.74) is -0.142. The Labute approximate surface area is 159 Å². The zero-order chi connectivity index (χ0) is 19.1. The van der Waals surface area contributed by atoms with Crippen molar-refractivity contribution in [3.8, 4) is 0 Å². The molecule has 1 aromatic heterocycles. The van der Waals surface area contributed by atoms with Gasteiger partial charge in [0, 0.05) is 25.6 Å². The quantitative estimate of drug-likeness (QED) is 0.801. The molecular weight excluding hydrogens is 367 g/mol. The molecule has 4 rings (SSSR count). The lowest BCUT2D eigenvalue weighted by Gasteiger charge is -2.37. The lowest BCUT2D eigenvalue weighted by atomic mass is 9.67. The third-order valence-electron chi connectivity index (χ3n) is 6.22. The standard InChI is InChI=1S/C19H25FN4O2S/c1-2-23-14-21-22-18(23)15-12-24(13-19(15)10-6-3-7-11-19)27(25,26)17-9-5-4-8-16(17)20/h4-5,8-9,14-15H,2-3,6-7,10-13H2,1H3. The normalized spacial score (nSPS) is 23.1. The largest absolute Gasteiger partial charge is 0.318 e. The molecule has 2 fully saturated rings. The summed E-state index contributed by atoms with van der Waals surface area (Å²) >= 11 is 0. The maximum atomic E-state index is 14.2. The van der Waals surface area contributed by atoms with Crippen molar-refractivity contribution in [1.29, 1.82) is 0 Å². The van der Waals surface area contributed by atoms with E-state index >= 15 is 0 Å². The average molecular weight is 393 g/mol. The molecule has 2 heterocycles. The Bertz CT molecular complexity index is 921. The van der Waals surface area contributed by atoms with Gasteiger partial charge >= 0.3 is 0 Å². The molecule has 1 aliphatic heterocycles. The molecule has 146 valence electrons. The van der Waals surface area contributed by atoms with E-state index in [0.717, 1.165) is 38.1 Å².